The summed E-state index contributed by atoms with van der Waals surface area (Å²) in [6.07, 6.45) is 1.65. The van der Waals surface area contributed by atoms with Crippen LogP contribution in [0.5, 0.6) is 0 Å². The van der Waals surface area contributed by atoms with E-state index in [-0.39, 0.29) is 28.9 Å². The Morgan fingerprint density at radius 2 is 1.97 bits per heavy atom. The van der Waals surface area contributed by atoms with Gasteiger partial charge in [-0.05, 0) is 30.7 Å². The van der Waals surface area contributed by atoms with Crippen LogP contribution in [0.1, 0.15) is 28.9 Å². The summed E-state index contributed by atoms with van der Waals surface area (Å²) in [5.41, 5.74) is 8.24. The monoisotopic (exact) mass is 418 g/mol. The van der Waals surface area contributed by atoms with Crippen LogP contribution >= 0.6 is 0 Å². The molecular formula is C23H24N5O3+. The average Bonchev–Trinajstić information content (AvgIpc) is 2.79. The van der Waals surface area contributed by atoms with Crippen LogP contribution in [-0.2, 0) is 11.3 Å². The lowest BCUT2D eigenvalue weighted by atomic mass is 10.1. The SMILES string of the molecule is COCC[n+]1c(N)c(C(=O)N[C@@H](C)c2ccccc2)cc2c(=O)n3ccccc3nc21. The molecule has 1 aromatic carbocycles. The maximum absolute atomic E-state index is 13.1. The van der Waals surface area contributed by atoms with E-state index >= 15 is 0 Å². The molecule has 8 nitrogen and oxygen atoms in total. The van der Waals surface area contributed by atoms with Crippen molar-refractivity contribution < 1.29 is 14.1 Å². The third-order valence-corrected chi connectivity index (χ3v) is 5.27. The molecule has 4 aromatic rings. The van der Waals surface area contributed by atoms with E-state index in [0.717, 1.165) is 5.56 Å². The van der Waals surface area contributed by atoms with Crippen LogP contribution in [0.15, 0.2) is 65.6 Å². The second kappa shape index (κ2) is 8.53. The number of rotatable bonds is 6. The van der Waals surface area contributed by atoms with E-state index in [2.05, 4.69) is 10.3 Å². The van der Waals surface area contributed by atoms with Gasteiger partial charge in [-0.2, -0.15) is 0 Å². The molecule has 0 saturated heterocycles. The number of carbonyl (C=O) groups excluding carboxylic acids is 1. The third kappa shape index (κ3) is 3.85. The van der Waals surface area contributed by atoms with Gasteiger partial charge in [0.25, 0.3) is 17.1 Å². The highest BCUT2D eigenvalue weighted by Crippen LogP contribution is 2.17. The molecule has 4 rings (SSSR count). The van der Waals surface area contributed by atoms with Gasteiger partial charge in [-0.1, -0.05) is 41.4 Å². The molecule has 1 amide bonds. The molecule has 0 fully saturated rings. The van der Waals surface area contributed by atoms with Gasteiger partial charge in [-0.3, -0.25) is 14.0 Å². The predicted molar refractivity (Wildman–Crippen MR) is 118 cm³/mol. The Hall–Kier alpha value is -3.78. The van der Waals surface area contributed by atoms with Crippen molar-refractivity contribution in [3.63, 3.8) is 0 Å². The Morgan fingerprint density at radius 3 is 2.71 bits per heavy atom. The lowest BCUT2D eigenvalue weighted by Crippen LogP contribution is -2.44. The summed E-state index contributed by atoms with van der Waals surface area (Å²) in [4.78, 5) is 30.9. The quantitative estimate of drug-likeness (QED) is 0.368. The first-order valence-electron chi connectivity index (χ1n) is 9.99. The zero-order valence-electron chi connectivity index (χ0n) is 17.4. The van der Waals surface area contributed by atoms with Crippen LogP contribution < -0.4 is 21.2 Å². The van der Waals surface area contributed by atoms with Crippen LogP contribution in [0, 0.1) is 0 Å². The van der Waals surface area contributed by atoms with Crippen LogP contribution in [0.3, 0.4) is 0 Å². The largest absolute Gasteiger partial charge is 0.381 e. The molecule has 0 spiro atoms. The zero-order chi connectivity index (χ0) is 22.0. The maximum Gasteiger partial charge on any atom is 0.278 e. The Morgan fingerprint density at radius 1 is 1.23 bits per heavy atom. The van der Waals surface area contributed by atoms with E-state index in [0.29, 0.717) is 29.8 Å². The number of hydrogen-bond donors (Lipinski definition) is 2. The molecule has 0 bridgehead atoms. The number of nitrogen functional groups attached to an aromatic ring is 1. The molecule has 0 aliphatic heterocycles. The van der Waals surface area contributed by atoms with Crippen LogP contribution in [0.4, 0.5) is 5.82 Å². The van der Waals surface area contributed by atoms with Crippen LogP contribution in [0.25, 0.3) is 16.7 Å². The van der Waals surface area contributed by atoms with Crippen molar-refractivity contribution in [3.8, 4) is 0 Å². The number of nitrogens with one attached hydrogen (secondary N) is 1. The standard InChI is InChI=1S/C23H23N5O3/c1-15(16-8-4-3-5-9-16)25-22(29)17-14-18-21(28(20(17)24)12-13-31-2)26-19-10-6-7-11-27(19)23(18)30/h3-11,14-15,24H,12-13H2,1-2H3,(H,25,29)/p+1/t15-/m0/s1. The van der Waals surface area contributed by atoms with Crippen molar-refractivity contribution in [1.82, 2.24) is 14.7 Å². The molecule has 0 unspecified atom stereocenters. The van der Waals surface area contributed by atoms with Gasteiger partial charge in [0.15, 0.2) is 0 Å². The van der Waals surface area contributed by atoms with Gasteiger partial charge >= 0.3 is 0 Å². The van der Waals surface area contributed by atoms with Crippen molar-refractivity contribution in [2.45, 2.75) is 19.5 Å². The topological polar surface area (TPSA) is 103 Å². The van der Waals surface area contributed by atoms with Crippen molar-refractivity contribution in [1.29, 1.82) is 0 Å². The molecule has 0 saturated carbocycles. The minimum Gasteiger partial charge on any atom is -0.381 e. The second-order valence-electron chi connectivity index (χ2n) is 7.28. The van der Waals surface area contributed by atoms with Gasteiger partial charge in [0, 0.05) is 13.3 Å². The number of amides is 1. The second-order valence-corrected chi connectivity index (χ2v) is 7.28. The molecular weight excluding hydrogens is 394 g/mol. The fraction of sp³-hybridized carbons (Fsp3) is 0.217. The van der Waals surface area contributed by atoms with Crippen LogP contribution in [-0.4, -0.2) is 29.0 Å². The van der Waals surface area contributed by atoms with E-state index < -0.39 is 0 Å². The molecule has 3 heterocycles. The summed E-state index contributed by atoms with van der Waals surface area (Å²) in [6, 6.07) is 16.2. The van der Waals surface area contributed by atoms with Gasteiger partial charge in [0.1, 0.15) is 10.9 Å². The number of pyridine rings is 2. The fourth-order valence-electron chi connectivity index (χ4n) is 3.59. The highest BCUT2D eigenvalue weighted by Gasteiger charge is 2.25. The average molecular weight is 418 g/mol. The Kier molecular flexibility index (Phi) is 5.64. The number of nitrogens with zero attached hydrogens (tertiary/aromatic N) is 3. The Bertz CT molecular complexity index is 1320. The predicted octanol–water partition coefficient (Wildman–Crippen LogP) is 1.85. The number of anilines is 1. The molecule has 3 N–H and O–H groups in total. The number of benzene rings is 1. The first-order valence-corrected chi connectivity index (χ1v) is 9.99. The third-order valence-electron chi connectivity index (χ3n) is 5.27. The molecule has 8 heteroatoms. The van der Waals surface area contributed by atoms with Gasteiger partial charge in [-0.25, -0.2) is 4.57 Å². The van der Waals surface area contributed by atoms with E-state index in [1.54, 1.807) is 30.0 Å². The highest BCUT2D eigenvalue weighted by atomic mass is 16.5. The lowest BCUT2D eigenvalue weighted by Gasteiger charge is -2.16. The molecule has 3 aromatic heterocycles. The number of aromatic nitrogens is 3. The summed E-state index contributed by atoms with van der Waals surface area (Å²) in [6.45, 7) is 2.60. The first-order chi connectivity index (χ1) is 15.0. The first kappa shape index (κ1) is 20.5. The van der Waals surface area contributed by atoms with Crippen molar-refractivity contribution in [2.24, 2.45) is 0 Å². The Labute approximate surface area is 178 Å². The summed E-state index contributed by atoms with van der Waals surface area (Å²) in [5.74, 6) is -0.131. The normalized spacial score (nSPS) is 12.2. The van der Waals surface area contributed by atoms with Gasteiger partial charge in [0.05, 0.1) is 19.2 Å². The van der Waals surface area contributed by atoms with Gasteiger partial charge < -0.3 is 15.8 Å². The number of nitrogens with two attached hydrogens (primary N) is 1. The van der Waals surface area contributed by atoms with Gasteiger partial charge in [-0.15, -0.1) is 0 Å². The maximum atomic E-state index is 13.1. The number of fused-ring (bicyclic) bond motifs is 2. The molecule has 158 valence electrons. The van der Waals surface area contributed by atoms with Crippen molar-refractivity contribution in [3.05, 3.63) is 82.3 Å². The molecule has 0 aliphatic rings. The van der Waals surface area contributed by atoms with E-state index in [1.165, 1.54) is 10.5 Å². The van der Waals surface area contributed by atoms with Crippen molar-refractivity contribution in [2.75, 3.05) is 19.5 Å². The minimum absolute atomic E-state index is 0.223. The molecule has 0 aliphatic carbocycles. The minimum atomic E-state index is -0.362. The summed E-state index contributed by atoms with van der Waals surface area (Å²) in [5, 5.41) is 3.28. The van der Waals surface area contributed by atoms with E-state index in [9.17, 15) is 9.59 Å². The summed E-state index contributed by atoms with van der Waals surface area (Å²) in [7, 11) is 1.58. The lowest BCUT2D eigenvalue weighted by molar-refractivity contribution is -0.660. The summed E-state index contributed by atoms with van der Waals surface area (Å²) < 4.78 is 8.32. The summed E-state index contributed by atoms with van der Waals surface area (Å²) >= 11 is 0. The molecule has 1 atom stereocenters. The van der Waals surface area contributed by atoms with Gasteiger partial charge in [0.2, 0.25) is 11.5 Å². The smallest absolute Gasteiger partial charge is 0.278 e. The van der Waals surface area contributed by atoms with Crippen molar-refractivity contribution >= 4 is 28.4 Å². The highest BCUT2D eigenvalue weighted by molar-refractivity contribution is 6.00. The number of ether oxygens (including phenoxy) is 1. The Balaban J connectivity index is 1.85. The number of methoxy groups -OCH3 is 1. The molecule has 0 radical (unpaired) electrons. The van der Waals surface area contributed by atoms with E-state index in [1.807, 2.05) is 43.3 Å². The van der Waals surface area contributed by atoms with E-state index in [4.69, 9.17) is 10.5 Å². The molecule has 31 heavy (non-hydrogen) atoms. The fourth-order valence-corrected chi connectivity index (χ4v) is 3.59. The zero-order valence-corrected chi connectivity index (χ0v) is 17.4. The number of carbonyl (C=O) groups is 1. The van der Waals surface area contributed by atoms with Crippen LogP contribution in [0.2, 0.25) is 0 Å². The number of hydrogen-bond acceptors (Lipinski definition) is 5.